The fourth-order valence-corrected chi connectivity index (χ4v) is 3.66. The summed E-state index contributed by atoms with van der Waals surface area (Å²) in [5.74, 6) is -2.40. The molecule has 32 heavy (non-hydrogen) atoms. The molecule has 0 aliphatic heterocycles. The normalized spacial score (nSPS) is 29.7. The summed E-state index contributed by atoms with van der Waals surface area (Å²) in [5.41, 5.74) is -0.0706. The van der Waals surface area contributed by atoms with Crippen molar-refractivity contribution in [2.45, 2.75) is 59.2 Å². The van der Waals surface area contributed by atoms with Gasteiger partial charge in [0.15, 0.2) is 0 Å². The molecule has 1 fully saturated rings. The molecule has 3 atom stereocenters. The standard InChI is InChI=1S/C16H18B9N5O2/c1-11(2,3)30-10-27-5-6(8(26)31)9(28-10)29-16(25)12(17,18)4-7(14(20,21)22)13(19,32)15(16,23)24/h5,7,32H,4H2,1-3H3,(H2,26,31)(H2,27,28,29,30). The van der Waals surface area contributed by atoms with Gasteiger partial charge >= 0.3 is 0 Å². The first-order chi connectivity index (χ1) is 14.1. The van der Waals surface area contributed by atoms with Gasteiger partial charge in [-0.05, 0) is 32.1 Å². The van der Waals surface area contributed by atoms with Crippen LogP contribution < -0.4 is 16.4 Å². The molecule has 1 saturated carbocycles. The second-order valence-corrected chi connectivity index (χ2v) is 9.62. The number of aromatic nitrogens is 2. The smallest absolute Gasteiger partial charge is 0.254 e. The van der Waals surface area contributed by atoms with Crippen molar-refractivity contribution in [2.24, 2.45) is 11.7 Å². The number of amides is 1. The number of carbonyl (C=O) groups is 1. The zero-order valence-corrected chi connectivity index (χ0v) is 18.4. The van der Waals surface area contributed by atoms with Crippen LogP contribution in [0, 0.1) is 5.92 Å². The quantitative estimate of drug-likeness (QED) is 0.398. The maximum atomic E-state index is 12.0. The largest absolute Gasteiger partial charge is 0.400 e. The van der Waals surface area contributed by atoms with Crippen LogP contribution in [0.4, 0.5) is 11.8 Å². The molecular weight excluding hydrogens is 392 g/mol. The molecule has 2 rings (SSSR count). The van der Waals surface area contributed by atoms with E-state index in [1.54, 1.807) is 0 Å². The molecule has 146 valence electrons. The van der Waals surface area contributed by atoms with Crippen LogP contribution in [-0.4, -0.2) is 108 Å². The molecule has 0 bridgehead atoms. The van der Waals surface area contributed by atoms with Gasteiger partial charge in [0.05, 0.1) is 60.5 Å². The van der Waals surface area contributed by atoms with Gasteiger partial charge in [-0.15, -0.1) is 5.11 Å². The van der Waals surface area contributed by atoms with Crippen LogP contribution in [0.2, 0.25) is 15.5 Å². The molecule has 7 nitrogen and oxygen atoms in total. The Kier molecular flexibility index (Phi) is 6.64. The van der Waals surface area contributed by atoms with E-state index in [1.807, 2.05) is 20.8 Å². The second-order valence-electron chi connectivity index (χ2n) is 9.62. The Balaban J connectivity index is 2.66. The van der Waals surface area contributed by atoms with Crippen LogP contribution in [0.1, 0.15) is 37.6 Å². The van der Waals surface area contributed by atoms with Crippen molar-refractivity contribution in [2.75, 3.05) is 10.6 Å². The lowest BCUT2D eigenvalue weighted by molar-refractivity contribution is -0.00219. The highest BCUT2D eigenvalue weighted by Gasteiger charge is 2.64. The third-order valence-electron chi connectivity index (χ3n) is 5.58. The molecule has 1 amide bonds. The zero-order chi connectivity index (χ0) is 25.1. The number of anilines is 2. The second kappa shape index (κ2) is 7.88. The number of primary amides is 1. The van der Waals surface area contributed by atoms with Gasteiger partial charge in [-0.3, -0.25) is 4.79 Å². The van der Waals surface area contributed by atoms with Crippen LogP contribution >= 0.6 is 0 Å². The Labute approximate surface area is 201 Å². The number of nitrogens with zero attached hydrogens (tertiary/aromatic N) is 2. The molecule has 5 N–H and O–H groups in total. The summed E-state index contributed by atoms with van der Waals surface area (Å²) in [6, 6.07) is 0. The lowest BCUT2D eigenvalue weighted by Crippen LogP contribution is -2.74. The number of nitrogens with two attached hydrogens (primary N) is 1. The number of aliphatic hydroxyl groups is 1. The van der Waals surface area contributed by atoms with E-state index in [4.69, 9.17) is 76.4 Å². The van der Waals surface area contributed by atoms with E-state index in [0.717, 1.165) is 6.20 Å². The summed E-state index contributed by atoms with van der Waals surface area (Å²) in [7, 11) is 54.8. The van der Waals surface area contributed by atoms with Gasteiger partial charge < -0.3 is 21.5 Å². The number of carbonyl (C=O) groups excluding carboxylic acids is 1. The van der Waals surface area contributed by atoms with Gasteiger partial charge in [-0.2, -0.15) is 4.98 Å². The summed E-state index contributed by atoms with van der Waals surface area (Å²) in [6.07, 6.45) is 0.733. The predicted octanol–water partition coefficient (Wildman–Crippen LogP) is -2.57. The van der Waals surface area contributed by atoms with E-state index in [9.17, 15) is 9.90 Å². The van der Waals surface area contributed by atoms with Crippen LogP contribution in [0.15, 0.2) is 6.20 Å². The van der Waals surface area contributed by atoms with Crippen LogP contribution in [0.3, 0.4) is 0 Å². The van der Waals surface area contributed by atoms with E-state index < -0.39 is 50.3 Å². The maximum absolute atomic E-state index is 12.0. The van der Waals surface area contributed by atoms with Gasteiger partial charge in [0.25, 0.3) is 5.91 Å². The summed E-state index contributed by atoms with van der Waals surface area (Å²) in [4.78, 5) is 20.3. The van der Waals surface area contributed by atoms with Crippen LogP contribution in [0.25, 0.3) is 0 Å². The van der Waals surface area contributed by atoms with E-state index in [2.05, 4.69) is 20.6 Å². The van der Waals surface area contributed by atoms with Gasteiger partial charge in [0.2, 0.25) is 5.95 Å². The molecule has 0 aromatic carbocycles. The Morgan fingerprint density at radius 2 is 1.69 bits per heavy atom. The third-order valence-corrected chi connectivity index (χ3v) is 5.58. The molecule has 1 aliphatic rings. The van der Waals surface area contributed by atoms with E-state index in [0.29, 0.717) is 0 Å². The highest BCUT2D eigenvalue weighted by atomic mass is 16.3. The van der Waals surface area contributed by atoms with E-state index in [1.165, 1.54) is 0 Å². The average Bonchev–Trinajstić information content (AvgIpc) is 2.55. The van der Waals surface area contributed by atoms with Crippen molar-refractivity contribution in [1.82, 2.24) is 9.97 Å². The minimum atomic E-state index is -2.58. The highest BCUT2D eigenvalue weighted by molar-refractivity contribution is 6.61. The number of hydrogen-bond acceptors (Lipinski definition) is 6. The minimum Gasteiger partial charge on any atom is -0.400 e. The topological polar surface area (TPSA) is 113 Å². The molecule has 0 saturated heterocycles. The molecule has 1 aromatic rings. The van der Waals surface area contributed by atoms with Crippen molar-refractivity contribution in [3.05, 3.63) is 11.8 Å². The Morgan fingerprint density at radius 1 is 1.16 bits per heavy atom. The minimum absolute atomic E-state index is 0.106. The van der Waals surface area contributed by atoms with Gasteiger partial charge in [0, 0.05) is 17.2 Å². The Morgan fingerprint density at radius 3 is 2.12 bits per heavy atom. The molecular formula is C16H18B9N5O2. The first-order valence-corrected chi connectivity index (χ1v) is 9.62. The lowest BCUT2D eigenvalue weighted by atomic mass is 9.14. The maximum Gasteiger partial charge on any atom is 0.254 e. The van der Waals surface area contributed by atoms with Crippen molar-refractivity contribution >= 4 is 88.3 Å². The molecule has 1 heterocycles. The van der Waals surface area contributed by atoms with Crippen molar-refractivity contribution < 1.29 is 9.90 Å². The fraction of sp³-hybridized carbons (Fsp3) is 0.688. The molecule has 1 aliphatic carbocycles. The lowest BCUT2D eigenvalue weighted by Gasteiger charge is -2.71. The van der Waals surface area contributed by atoms with Gasteiger partial charge in [-0.1, -0.05) is 16.8 Å². The van der Waals surface area contributed by atoms with Crippen molar-refractivity contribution in [1.29, 1.82) is 0 Å². The first-order valence-electron chi connectivity index (χ1n) is 9.62. The molecule has 3 unspecified atom stereocenters. The molecule has 18 radical (unpaired) electrons. The summed E-state index contributed by atoms with van der Waals surface area (Å²) >= 11 is 0. The Bertz CT molecular complexity index is 901. The highest BCUT2D eigenvalue weighted by Crippen LogP contribution is 2.64. The summed E-state index contributed by atoms with van der Waals surface area (Å²) in [6.45, 7) is 5.58. The Hall–Kier alpha value is -1.31. The third kappa shape index (κ3) is 4.53. The fourth-order valence-electron chi connectivity index (χ4n) is 3.66. The number of nitrogens with one attached hydrogen (secondary N) is 2. The van der Waals surface area contributed by atoms with Gasteiger partial charge in [0.1, 0.15) is 21.5 Å². The number of hydrogen-bond donors (Lipinski definition) is 4. The van der Waals surface area contributed by atoms with E-state index >= 15 is 0 Å². The summed E-state index contributed by atoms with van der Waals surface area (Å²) < 4.78 is 0. The summed E-state index contributed by atoms with van der Waals surface area (Å²) in [5, 5.41) is 10.1. The monoisotopic (exact) mass is 411 g/mol. The van der Waals surface area contributed by atoms with Crippen molar-refractivity contribution in [3.63, 3.8) is 0 Å². The van der Waals surface area contributed by atoms with Crippen LogP contribution in [-0.2, 0) is 0 Å². The van der Waals surface area contributed by atoms with Gasteiger partial charge in [-0.25, -0.2) is 4.98 Å². The average molecular weight is 410 g/mol. The van der Waals surface area contributed by atoms with Crippen LogP contribution in [0.5, 0.6) is 0 Å². The molecule has 1 aromatic heterocycles. The molecule has 16 heteroatoms. The molecule has 0 spiro atoms. The SMILES string of the molecule is [B]C([B])([B])C1CC([B])([B])C([B])(Nc2nc(NC(C)(C)C)ncc2C(N)=O)C([B])([B])C1([B])O. The number of rotatable bonds is 5. The van der Waals surface area contributed by atoms with E-state index in [-0.39, 0.29) is 17.3 Å². The predicted molar refractivity (Wildman–Crippen MR) is 133 cm³/mol. The first kappa shape index (κ1) is 26.9. The van der Waals surface area contributed by atoms with Crippen molar-refractivity contribution in [3.8, 4) is 0 Å². The zero-order valence-electron chi connectivity index (χ0n) is 18.4.